The van der Waals surface area contributed by atoms with E-state index >= 15 is 0 Å². The summed E-state index contributed by atoms with van der Waals surface area (Å²) in [5.74, 6) is 1.76. The van der Waals surface area contributed by atoms with E-state index in [1.54, 1.807) is 31.4 Å². The Kier molecular flexibility index (Phi) is 3.27. The van der Waals surface area contributed by atoms with Crippen molar-refractivity contribution < 1.29 is 9.47 Å². The molecule has 0 spiro atoms. The molecule has 0 aliphatic carbocycles. The van der Waals surface area contributed by atoms with Gasteiger partial charge in [-0.3, -0.25) is 0 Å². The van der Waals surface area contributed by atoms with E-state index in [1.807, 2.05) is 24.3 Å². The average Bonchev–Trinajstić information content (AvgIpc) is 2.40. The lowest BCUT2D eigenvalue weighted by atomic mass is 10.2. The highest BCUT2D eigenvalue weighted by atomic mass is 16.5. The number of rotatable bonds is 3. The van der Waals surface area contributed by atoms with E-state index < -0.39 is 0 Å². The maximum atomic E-state index is 8.96. The largest absolute Gasteiger partial charge is 0.493 e. The first-order chi connectivity index (χ1) is 8.35. The predicted molar refractivity (Wildman–Crippen MR) is 64.2 cm³/mol. The smallest absolute Gasteiger partial charge is 0.169 e. The van der Waals surface area contributed by atoms with E-state index in [2.05, 4.69) is 6.07 Å². The third-order valence-corrected chi connectivity index (χ3v) is 2.30. The van der Waals surface area contributed by atoms with Crippen LogP contribution < -0.4 is 9.47 Å². The number of methoxy groups -OCH3 is 1. The van der Waals surface area contributed by atoms with E-state index in [1.165, 1.54) is 0 Å². The molecule has 0 aromatic heterocycles. The van der Waals surface area contributed by atoms with Crippen molar-refractivity contribution in [2.24, 2.45) is 0 Å². The lowest BCUT2D eigenvalue weighted by Gasteiger charge is -2.10. The molecule has 3 nitrogen and oxygen atoms in total. The van der Waals surface area contributed by atoms with Gasteiger partial charge in [-0.1, -0.05) is 24.3 Å². The zero-order chi connectivity index (χ0) is 12.1. The molecule has 0 unspecified atom stereocenters. The minimum atomic E-state index is 0.499. The van der Waals surface area contributed by atoms with Crippen LogP contribution >= 0.6 is 0 Å². The van der Waals surface area contributed by atoms with Gasteiger partial charge in [-0.2, -0.15) is 5.26 Å². The number of hydrogen-bond donors (Lipinski definition) is 0. The quantitative estimate of drug-likeness (QED) is 0.804. The number of para-hydroxylation sites is 3. The van der Waals surface area contributed by atoms with E-state index in [9.17, 15) is 0 Å². The van der Waals surface area contributed by atoms with Crippen molar-refractivity contribution >= 4 is 0 Å². The van der Waals surface area contributed by atoms with Crippen LogP contribution in [0.4, 0.5) is 0 Å². The molecular weight excluding hydrogens is 214 g/mol. The summed E-state index contributed by atoms with van der Waals surface area (Å²) in [5.41, 5.74) is 0.499. The van der Waals surface area contributed by atoms with Gasteiger partial charge in [-0.25, -0.2) is 0 Å². The van der Waals surface area contributed by atoms with Crippen molar-refractivity contribution in [3.63, 3.8) is 0 Å². The Morgan fingerprint density at radius 3 is 2.12 bits per heavy atom. The first-order valence-corrected chi connectivity index (χ1v) is 5.15. The molecule has 0 fully saturated rings. The lowest BCUT2D eigenvalue weighted by molar-refractivity contribution is 0.378. The maximum absolute atomic E-state index is 8.96. The fourth-order valence-electron chi connectivity index (χ4n) is 1.47. The second-order valence-electron chi connectivity index (χ2n) is 3.36. The Bertz CT molecular complexity index is 558. The van der Waals surface area contributed by atoms with Crippen LogP contribution in [-0.4, -0.2) is 7.11 Å². The third kappa shape index (κ3) is 2.37. The summed E-state index contributed by atoms with van der Waals surface area (Å²) < 4.78 is 10.9. The standard InChI is InChI=1S/C14H11NO2/c1-16-13-8-4-5-9-14(13)17-12-7-3-2-6-11(12)10-15/h2-9H,1H3. The van der Waals surface area contributed by atoms with Crippen molar-refractivity contribution in [3.8, 4) is 23.3 Å². The van der Waals surface area contributed by atoms with Crippen LogP contribution in [0.1, 0.15) is 5.56 Å². The van der Waals surface area contributed by atoms with Crippen LogP contribution in [0.2, 0.25) is 0 Å². The van der Waals surface area contributed by atoms with E-state index in [0.717, 1.165) is 0 Å². The van der Waals surface area contributed by atoms with Gasteiger partial charge in [0.15, 0.2) is 11.5 Å². The molecule has 17 heavy (non-hydrogen) atoms. The molecule has 0 radical (unpaired) electrons. The van der Waals surface area contributed by atoms with Crippen LogP contribution in [0.25, 0.3) is 0 Å². The third-order valence-electron chi connectivity index (χ3n) is 2.30. The highest BCUT2D eigenvalue weighted by Crippen LogP contribution is 2.32. The van der Waals surface area contributed by atoms with Crippen LogP contribution in [0.15, 0.2) is 48.5 Å². The van der Waals surface area contributed by atoms with Crippen LogP contribution in [0.5, 0.6) is 17.2 Å². The monoisotopic (exact) mass is 225 g/mol. The summed E-state index contributed by atoms with van der Waals surface area (Å²) in [5, 5.41) is 8.96. The van der Waals surface area contributed by atoms with Gasteiger partial charge in [0, 0.05) is 0 Å². The number of nitrogens with zero attached hydrogens (tertiary/aromatic N) is 1. The molecule has 0 aliphatic heterocycles. The van der Waals surface area contributed by atoms with Crippen LogP contribution in [0, 0.1) is 11.3 Å². The maximum Gasteiger partial charge on any atom is 0.169 e. The zero-order valence-corrected chi connectivity index (χ0v) is 9.38. The van der Waals surface area contributed by atoms with Gasteiger partial charge < -0.3 is 9.47 Å². The van der Waals surface area contributed by atoms with Gasteiger partial charge in [0.1, 0.15) is 11.8 Å². The van der Waals surface area contributed by atoms with Crippen molar-refractivity contribution in [1.82, 2.24) is 0 Å². The molecular formula is C14H11NO2. The normalized spacial score (nSPS) is 9.41. The van der Waals surface area contributed by atoms with E-state index in [0.29, 0.717) is 22.8 Å². The van der Waals surface area contributed by atoms with Gasteiger partial charge in [-0.15, -0.1) is 0 Å². The summed E-state index contributed by atoms with van der Waals surface area (Å²) in [4.78, 5) is 0. The highest BCUT2D eigenvalue weighted by molar-refractivity contribution is 5.48. The Morgan fingerprint density at radius 1 is 0.882 bits per heavy atom. The van der Waals surface area contributed by atoms with Gasteiger partial charge in [-0.05, 0) is 24.3 Å². The fraction of sp³-hybridized carbons (Fsp3) is 0.0714. The van der Waals surface area contributed by atoms with Crippen LogP contribution in [-0.2, 0) is 0 Å². The van der Waals surface area contributed by atoms with Gasteiger partial charge >= 0.3 is 0 Å². The minimum absolute atomic E-state index is 0.499. The van der Waals surface area contributed by atoms with Crippen LogP contribution in [0.3, 0.4) is 0 Å². The predicted octanol–water partition coefficient (Wildman–Crippen LogP) is 3.36. The lowest BCUT2D eigenvalue weighted by Crippen LogP contribution is -1.91. The van der Waals surface area contributed by atoms with E-state index in [4.69, 9.17) is 14.7 Å². The van der Waals surface area contributed by atoms with Gasteiger partial charge in [0.2, 0.25) is 0 Å². The molecule has 0 bridgehead atoms. The Morgan fingerprint density at radius 2 is 1.47 bits per heavy atom. The summed E-state index contributed by atoms with van der Waals surface area (Å²) in [7, 11) is 1.58. The van der Waals surface area contributed by atoms with Gasteiger partial charge in [0.25, 0.3) is 0 Å². The molecule has 0 amide bonds. The molecule has 2 aromatic carbocycles. The van der Waals surface area contributed by atoms with Crippen molar-refractivity contribution in [2.75, 3.05) is 7.11 Å². The van der Waals surface area contributed by atoms with E-state index in [-0.39, 0.29) is 0 Å². The van der Waals surface area contributed by atoms with Crippen molar-refractivity contribution in [1.29, 1.82) is 5.26 Å². The van der Waals surface area contributed by atoms with Gasteiger partial charge in [0.05, 0.1) is 12.7 Å². The first kappa shape index (κ1) is 11.0. The molecule has 0 heterocycles. The van der Waals surface area contributed by atoms with Crippen molar-refractivity contribution in [3.05, 3.63) is 54.1 Å². The minimum Gasteiger partial charge on any atom is -0.493 e. The Hall–Kier alpha value is -2.47. The molecule has 2 rings (SSSR count). The average molecular weight is 225 g/mol. The SMILES string of the molecule is COc1ccccc1Oc1ccccc1C#N. The molecule has 0 N–H and O–H groups in total. The Balaban J connectivity index is 2.35. The number of nitriles is 1. The van der Waals surface area contributed by atoms with Crippen molar-refractivity contribution in [2.45, 2.75) is 0 Å². The highest BCUT2D eigenvalue weighted by Gasteiger charge is 2.07. The summed E-state index contributed by atoms with van der Waals surface area (Å²) in [6.07, 6.45) is 0. The number of ether oxygens (including phenoxy) is 2. The summed E-state index contributed by atoms with van der Waals surface area (Å²) in [6.45, 7) is 0. The fourth-order valence-corrected chi connectivity index (χ4v) is 1.47. The first-order valence-electron chi connectivity index (χ1n) is 5.15. The molecule has 84 valence electrons. The Labute approximate surface area is 99.8 Å². The molecule has 0 saturated heterocycles. The summed E-state index contributed by atoms with van der Waals surface area (Å²) in [6, 6.07) is 16.5. The molecule has 2 aromatic rings. The molecule has 0 atom stereocenters. The second kappa shape index (κ2) is 5.04. The zero-order valence-electron chi connectivity index (χ0n) is 9.38. The molecule has 0 aliphatic rings. The number of hydrogen-bond acceptors (Lipinski definition) is 3. The molecule has 3 heteroatoms. The molecule has 0 saturated carbocycles. The summed E-state index contributed by atoms with van der Waals surface area (Å²) >= 11 is 0. The number of benzene rings is 2. The topological polar surface area (TPSA) is 42.2 Å². The second-order valence-corrected chi connectivity index (χ2v) is 3.36.